The van der Waals surface area contributed by atoms with Gasteiger partial charge in [0.05, 0.1) is 5.69 Å². The third-order valence-electron chi connectivity index (χ3n) is 3.50. The molecule has 1 fully saturated rings. The minimum Gasteiger partial charge on any atom is -0.325 e. The Balaban J connectivity index is 2.01. The van der Waals surface area contributed by atoms with Crippen molar-refractivity contribution in [1.82, 2.24) is 9.88 Å². The van der Waals surface area contributed by atoms with Crippen LogP contribution in [0.3, 0.4) is 0 Å². The average molecular weight is 265 g/mol. The van der Waals surface area contributed by atoms with Gasteiger partial charge in [0.2, 0.25) is 0 Å². The first kappa shape index (κ1) is 13.8. The van der Waals surface area contributed by atoms with Crippen LogP contribution in [0.1, 0.15) is 31.5 Å². The molecule has 2 heterocycles. The molecule has 100 valence electrons. The fraction of sp³-hybridized carbons (Fsp3) is 0.643. The monoisotopic (exact) mass is 265 g/mol. The summed E-state index contributed by atoms with van der Waals surface area (Å²) in [5.41, 5.74) is 8.06. The lowest BCUT2D eigenvalue weighted by Crippen LogP contribution is -2.27. The van der Waals surface area contributed by atoms with E-state index in [1.807, 2.05) is 12.3 Å². The normalized spacial score (nSPS) is 20.6. The zero-order valence-corrected chi connectivity index (χ0v) is 12.2. The standard InChI is InChI=1S/C14H23N3S/c1-14(2)5-7-17(8-9-18-14)11-12-4-3-6-16-13(12)10-15/h3-4,6H,5,7-11,15H2,1-2H3. The zero-order valence-electron chi connectivity index (χ0n) is 11.4. The van der Waals surface area contributed by atoms with E-state index in [-0.39, 0.29) is 0 Å². The first-order valence-corrected chi connectivity index (χ1v) is 7.58. The molecule has 4 heteroatoms. The number of thioether (sulfide) groups is 1. The van der Waals surface area contributed by atoms with Gasteiger partial charge in [-0.2, -0.15) is 11.8 Å². The summed E-state index contributed by atoms with van der Waals surface area (Å²) in [6.07, 6.45) is 3.07. The first-order chi connectivity index (χ1) is 8.61. The molecule has 0 radical (unpaired) electrons. The van der Waals surface area contributed by atoms with Crippen LogP contribution in [-0.4, -0.2) is 33.5 Å². The third-order valence-corrected chi connectivity index (χ3v) is 4.87. The van der Waals surface area contributed by atoms with Crippen LogP contribution in [0.5, 0.6) is 0 Å². The molecule has 0 aromatic carbocycles. The lowest BCUT2D eigenvalue weighted by Gasteiger charge is -2.23. The second kappa shape index (κ2) is 6.04. The molecule has 3 nitrogen and oxygen atoms in total. The Hall–Kier alpha value is -0.580. The van der Waals surface area contributed by atoms with Crippen molar-refractivity contribution in [3.63, 3.8) is 0 Å². The van der Waals surface area contributed by atoms with Gasteiger partial charge >= 0.3 is 0 Å². The summed E-state index contributed by atoms with van der Waals surface area (Å²) in [7, 11) is 0. The fourth-order valence-corrected chi connectivity index (χ4v) is 3.40. The van der Waals surface area contributed by atoms with Crippen LogP contribution >= 0.6 is 11.8 Å². The molecular weight excluding hydrogens is 242 g/mol. The van der Waals surface area contributed by atoms with Gasteiger partial charge in [0.15, 0.2) is 0 Å². The highest BCUT2D eigenvalue weighted by atomic mass is 32.2. The Morgan fingerprint density at radius 1 is 1.44 bits per heavy atom. The maximum Gasteiger partial charge on any atom is 0.0584 e. The average Bonchev–Trinajstić information content (AvgIpc) is 2.52. The lowest BCUT2D eigenvalue weighted by atomic mass is 10.1. The van der Waals surface area contributed by atoms with Gasteiger partial charge < -0.3 is 5.73 Å². The Bertz CT molecular complexity index is 392. The highest BCUT2D eigenvalue weighted by molar-refractivity contribution is 8.00. The molecule has 0 unspecified atom stereocenters. The van der Waals surface area contributed by atoms with E-state index in [9.17, 15) is 0 Å². The fourth-order valence-electron chi connectivity index (χ4n) is 2.26. The predicted molar refractivity (Wildman–Crippen MR) is 78.6 cm³/mol. The van der Waals surface area contributed by atoms with Gasteiger partial charge in [-0.15, -0.1) is 0 Å². The highest BCUT2D eigenvalue weighted by Crippen LogP contribution is 2.31. The number of aromatic nitrogens is 1. The Morgan fingerprint density at radius 2 is 2.28 bits per heavy atom. The summed E-state index contributed by atoms with van der Waals surface area (Å²) in [5.74, 6) is 1.21. The van der Waals surface area contributed by atoms with E-state index in [1.165, 1.54) is 24.3 Å². The molecule has 0 bridgehead atoms. The molecule has 2 N–H and O–H groups in total. The Labute approximate surface area is 114 Å². The number of pyridine rings is 1. The molecule has 0 atom stereocenters. The summed E-state index contributed by atoms with van der Waals surface area (Å²) in [6, 6.07) is 4.16. The molecule has 18 heavy (non-hydrogen) atoms. The van der Waals surface area contributed by atoms with Gasteiger partial charge in [-0.05, 0) is 24.6 Å². The minimum atomic E-state index is 0.417. The number of hydrogen-bond donors (Lipinski definition) is 1. The SMILES string of the molecule is CC1(C)CCN(Cc2cccnc2CN)CCS1. The van der Waals surface area contributed by atoms with Crippen molar-refractivity contribution in [3.8, 4) is 0 Å². The second-order valence-electron chi connectivity index (χ2n) is 5.45. The molecule has 0 spiro atoms. The summed E-state index contributed by atoms with van der Waals surface area (Å²) in [5, 5.41) is 0. The van der Waals surface area contributed by atoms with Crippen LogP contribution in [0.2, 0.25) is 0 Å². The van der Waals surface area contributed by atoms with E-state index < -0.39 is 0 Å². The van der Waals surface area contributed by atoms with Gasteiger partial charge in [-0.1, -0.05) is 19.9 Å². The van der Waals surface area contributed by atoms with Crippen molar-refractivity contribution >= 4 is 11.8 Å². The smallest absolute Gasteiger partial charge is 0.0584 e. The second-order valence-corrected chi connectivity index (χ2v) is 7.25. The van der Waals surface area contributed by atoms with Crippen molar-refractivity contribution in [2.45, 2.75) is 38.1 Å². The molecule has 1 aromatic heterocycles. The molecule has 0 aliphatic carbocycles. The van der Waals surface area contributed by atoms with Crippen LogP contribution in [0, 0.1) is 0 Å². The Kier molecular flexibility index (Phi) is 4.65. The van der Waals surface area contributed by atoms with E-state index in [1.54, 1.807) is 0 Å². The molecule has 1 saturated heterocycles. The largest absolute Gasteiger partial charge is 0.325 e. The van der Waals surface area contributed by atoms with Crippen LogP contribution < -0.4 is 5.73 Å². The molecule has 1 aliphatic rings. The summed E-state index contributed by atoms with van der Waals surface area (Å²) < 4.78 is 0.417. The van der Waals surface area contributed by atoms with Crippen molar-refractivity contribution in [1.29, 1.82) is 0 Å². The molecule has 1 aromatic rings. The molecule has 0 amide bonds. The van der Waals surface area contributed by atoms with E-state index in [0.29, 0.717) is 11.3 Å². The predicted octanol–water partition coefficient (Wildman–Crippen LogP) is 2.26. The maximum absolute atomic E-state index is 5.74. The van der Waals surface area contributed by atoms with Gasteiger partial charge in [-0.3, -0.25) is 9.88 Å². The molecular formula is C14H23N3S. The van der Waals surface area contributed by atoms with E-state index in [2.05, 4.69) is 41.6 Å². The van der Waals surface area contributed by atoms with Crippen LogP contribution in [0.15, 0.2) is 18.3 Å². The van der Waals surface area contributed by atoms with Crippen molar-refractivity contribution in [2.24, 2.45) is 5.73 Å². The number of hydrogen-bond acceptors (Lipinski definition) is 4. The van der Waals surface area contributed by atoms with Crippen LogP contribution in [0.4, 0.5) is 0 Å². The van der Waals surface area contributed by atoms with Crippen LogP contribution in [0.25, 0.3) is 0 Å². The molecule has 0 saturated carbocycles. The molecule has 1 aliphatic heterocycles. The maximum atomic E-state index is 5.74. The van der Waals surface area contributed by atoms with Crippen molar-refractivity contribution in [3.05, 3.63) is 29.6 Å². The van der Waals surface area contributed by atoms with Crippen LogP contribution in [-0.2, 0) is 13.1 Å². The third kappa shape index (κ3) is 3.70. The van der Waals surface area contributed by atoms with Crippen molar-refractivity contribution in [2.75, 3.05) is 18.8 Å². The highest BCUT2D eigenvalue weighted by Gasteiger charge is 2.23. The Morgan fingerprint density at radius 3 is 3.06 bits per heavy atom. The van der Waals surface area contributed by atoms with E-state index in [4.69, 9.17) is 5.73 Å². The number of rotatable bonds is 3. The number of nitrogens with zero attached hydrogens (tertiary/aromatic N) is 2. The minimum absolute atomic E-state index is 0.417. The van der Waals surface area contributed by atoms with Gasteiger partial charge in [0, 0.05) is 36.3 Å². The van der Waals surface area contributed by atoms with Gasteiger partial charge in [0.1, 0.15) is 0 Å². The number of nitrogens with two attached hydrogens (primary N) is 1. The summed E-state index contributed by atoms with van der Waals surface area (Å²) >= 11 is 2.08. The summed E-state index contributed by atoms with van der Waals surface area (Å²) in [6.45, 7) is 8.53. The lowest BCUT2D eigenvalue weighted by molar-refractivity contribution is 0.275. The molecule has 2 rings (SSSR count). The quantitative estimate of drug-likeness (QED) is 0.910. The van der Waals surface area contributed by atoms with Gasteiger partial charge in [-0.25, -0.2) is 0 Å². The van der Waals surface area contributed by atoms with E-state index >= 15 is 0 Å². The first-order valence-electron chi connectivity index (χ1n) is 6.60. The van der Waals surface area contributed by atoms with Crippen molar-refractivity contribution < 1.29 is 0 Å². The van der Waals surface area contributed by atoms with E-state index in [0.717, 1.165) is 18.8 Å². The zero-order chi connectivity index (χ0) is 13.0. The van der Waals surface area contributed by atoms with Gasteiger partial charge in [0.25, 0.3) is 0 Å². The topological polar surface area (TPSA) is 42.2 Å². The summed E-state index contributed by atoms with van der Waals surface area (Å²) in [4.78, 5) is 6.88.